The van der Waals surface area contributed by atoms with Gasteiger partial charge in [-0.15, -0.1) is 0 Å². The van der Waals surface area contributed by atoms with Gasteiger partial charge in [-0.3, -0.25) is 5.01 Å². The van der Waals surface area contributed by atoms with Gasteiger partial charge in [-0.25, -0.2) is 0 Å². The molecular formula is C17H25N5O. The van der Waals surface area contributed by atoms with Crippen molar-refractivity contribution in [3.8, 4) is 0 Å². The van der Waals surface area contributed by atoms with Crippen molar-refractivity contribution < 1.29 is 4.52 Å². The van der Waals surface area contributed by atoms with E-state index in [9.17, 15) is 0 Å². The fraction of sp³-hybridized carbons (Fsp3) is 0.588. The molecule has 0 saturated heterocycles. The molecule has 0 radical (unpaired) electrons. The first-order chi connectivity index (χ1) is 11.1. The number of nitrogens with zero attached hydrogens (tertiary/aromatic N) is 4. The van der Waals surface area contributed by atoms with Crippen molar-refractivity contribution in [2.24, 2.45) is 5.92 Å². The maximum Gasteiger partial charge on any atom is 0.156 e. The van der Waals surface area contributed by atoms with E-state index in [1.165, 1.54) is 24.2 Å². The quantitative estimate of drug-likeness (QED) is 0.900. The molecule has 0 unspecified atom stereocenters. The molecule has 6 heteroatoms. The highest BCUT2D eigenvalue weighted by molar-refractivity contribution is 5.33. The Morgan fingerprint density at radius 2 is 2.17 bits per heavy atom. The third-order valence-electron chi connectivity index (χ3n) is 4.69. The summed E-state index contributed by atoms with van der Waals surface area (Å²) in [5.74, 6) is 2.17. The Balaban J connectivity index is 1.49. The Labute approximate surface area is 137 Å². The molecular weight excluding hydrogens is 290 g/mol. The number of hydrogen-bond acceptors (Lipinski definition) is 6. The van der Waals surface area contributed by atoms with Crippen LogP contribution in [0.5, 0.6) is 0 Å². The molecule has 1 aliphatic carbocycles. The second kappa shape index (κ2) is 5.51. The van der Waals surface area contributed by atoms with Crippen LogP contribution in [0.3, 0.4) is 0 Å². The third-order valence-corrected chi connectivity index (χ3v) is 4.69. The van der Waals surface area contributed by atoms with Gasteiger partial charge in [0.25, 0.3) is 0 Å². The van der Waals surface area contributed by atoms with Crippen molar-refractivity contribution in [1.29, 1.82) is 0 Å². The van der Waals surface area contributed by atoms with Gasteiger partial charge in [-0.05, 0) is 24.7 Å². The van der Waals surface area contributed by atoms with Gasteiger partial charge in [0.2, 0.25) is 0 Å². The minimum atomic E-state index is 0.400. The molecule has 1 aromatic heterocycles. The Morgan fingerprint density at radius 3 is 2.87 bits per heavy atom. The molecule has 6 nitrogen and oxygen atoms in total. The fourth-order valence-corrected chi connectivity index (χ4v) is 3.11. The van der Waals surface area contributed by atoms with E-state index in [1.807, 2.05) is 0 Å². The van der Waals surface area contributed by atoms with Gasteiger partial charge in [-0.2, -0.15) is 0 Å². The van der Waals surface area contributed by atoms with Crippen molar-refractivity contribution in [3.05, 3.63) is 41.3 Å². The molecule has 2 aliphatic heterocycles. The van der Waals surface area contributed by atoms with E-state index in [2.05, 4.69) is 64.8 Å². The molecule has 1 saturated carbocycles. The summed E-state index contributed by atoms with van der Waals surface area (Å²) in [4.78, 5) is 4.55. The Bertz CT molecular complexity index is 643. The maximum atomic E-state index is 5.49. The second-order valence-electron chi connectivity index (χ2n) is 7.19. The molecule has 1 N–H and O–H groups in total. The average Bonchev–Trinajstić information content (AvgIpc) is 3.03. The second-order valence-corrected chi connectivity index (χ2v) is 7.19. The molecule has 0 aromatic carbocycles. The monoisotopic (exact) mass is 315 g/mol. The summed E-state index contributed by atoms with van der Waals surface area (Å²) in [6.07, 6.45) is 7.06. The lowest BCUT2D eigenvalue weighted by atomic mass is 10.1. The molecule has 124 valence electrons. The Morgan fingerprint density at radius 1 is 1.35 bits per heavy atom. The van der Waals surface area contributed by atoms with Crippen molar-refractivity contribution >= 4 is 0 Å². The third kappa shape index (κ3) is 2.90. The van der Waals surface area contributed by atoms with E-state index >= 15 is 0 Å². The number of likely N-dealkylation sites (N-methyl/N-ethyl adjacent to an activating group) is 1. The number of aromatic nitrogens is 1. The van der Waals surface area contributed by atoms with Gasteiger partial charge in [-0.1, -0.05) is 19.0 Å². The summed E-state index contributed by atoms with van der Waals surface area (Å²) in [6.45, 7) is 6.96. The summed E-state index contributed by atoms with van der Waals surface area (Å²) in [7, 11) is 2.13. The van der Waals surface area contributed by atoms with Crippen LogP contribution < -0.4 is 5.43 Å². The van der Waals surface area contributed by atoms with Crippen molar-refractivity contribution in [2.45, 2.75) is 39.2 Å². The van der Waals surface area contributed by atoms with Gasteiger partial charge in [0.15, 0.2) is 5.76 Å². The highest BCUT2D eigenvalue weighted by Crippen LogP contribution is 2.34. The van der Waals surface area contributed by atoms with E-state index in [4.69, 9.17) is 4.52 Å². The standard InChI is InChI=1S/C17H25N5O/c1-12(2)15-6-14(23-19-15)9-21-10-17-16(20(3)11-21)7-18-22(17)8-13-4-5-13/h6-7,10,12-13,18H,4-5,8-9,11H2,1-3H3. The predicted octanol–water partition coefficient (Wildman–Crippen LogP) is 2.42. The van der Waals surface area contributed by atoms with Crippen molar-refractivity contribution in [2.75, 3.05) is 20.3 Å². The Hall–Kier alpha value is -2.11. The normalized spacial score (nSPS) is 20.6. The highest BCUT2D eigenvalue weighted by atomic mass is 16.5. The molecule has 23 heavy (non-hydrogen) atoms. The zero-order valence-electron chi connectivity index (χ0n) is 14.1. The van der Waals surface area contributed by atoms with E-state index in [0.29, 0.717) is 5.92 Å². The predicted molar refractivity (Wildman–Crippen MR) is 87.5 cm³/mol. The number of hydrogen-bond donors (Lipinski definition) is 1. The lowest BCUT2D eigenvalue weighted by Crippen LogP contribution is -2.39. The molecule has 0 bridgehead atoms. The van der Waals surface area contributed by atoms with Crippen LogP contribution >= 0.6 is 0 Å². The van der Waals surface area contributed by atoms with E-state index < -0.39 is 0 Å². The zero-order chi connectivity index (χ0) is 16.0. The molecule has 1 aromatic rings. The van der Waals surface area contributed by atoms with Crippen LogP contribution in [-0.2, 0) is 6.54 Å². The van der Waals surface area contributed by atoms with Crippen LogP contribution in [0.15, 0.2) is 34.4 Å². The fourth-order valence-electron chi connectivity index (χ4n) is 3.11. The van der Waals surface area contributed by atoms with Crippen LogP contribution in [0, 0.1) is 5.92 Å². The minimum absolute atomic E-state index is 0.400. The van der Waals surface area contributed by atoms with Crippen LogP contribution in [0.2, 0.25) is 0 Å². The van der Waals surface area contributed by atoms with Crippen molar-refractivity contribution in [1.82, 2.24) is 25.4 Å². The molecule has 0 amide bonds. The van der Waals surface area contributed by atoms with Crippen LogP contribution in [0.25, 0.3) is 0 Å². The topological polar surface area (TPSA) is 47.8 Å². The molecule has 0 spiro atoms. The van der Waals surface area contributed by atoms with E-state index in [0.717, 1.165) is 37.1 Å². The number of hydrazine groups is 1. The first kappa shape index (κ1) is 14.5. The summed E-state index contributed by atoms with van der Waals surface area (Å²) >= 11 is 0. The lowest BCUT2D eigenvalue weighted by molar-refractivity contribution is 0.183. The maximum absolute atomic E-state index is 5.49. The number of fused-ring (bicyclic) bond motifs is 1. The summed E-state index contributed by atoms with van der Waals surface area (Å²) < 4.78 is 5.49. The molecule has 4 rings (SSSR count). The minimum Gasteiger partial charge on any atom is -0.359 e. The average molecular weight is 315 g/mol. The van der Waals surface area contributed by atoms with Gasteiger partial charge in [0, 0.05) is 32.1 Å². The van der Waals surface area contributed by atoms with Gasteiger partial charge in [0.05, 0.1) is 30.3 Å². The first-order valence-corrected chi connectivity index (χ1v) is 8.47. The highest BCUT2D eigenvalue weighted by Gasteiger charge is 2.32. The van der Waals surface area contributed by atoms with Crippen LogP contribution in [0.4, 0.5) is 0 Å². The van der Waals surface area contributed by atoms with E-state index in [1.54, 1.807) is 0 Å². The molecule has 1 fully saturated rings. The number of nitrogens with one attached hydrogen (secondary N) is 1. The SMILES string of the molecule is CC(C)c1cc(CN2C=C3C(=CNN3CC3CC3)N(C)C2)on1. The molecule has 3 heterocycles. The largest absolute Gasteiger partial charge is 0.359 e. The van der Waals surface area contributed by atoms with Crippen molar-refractivity contribution in [3.63, 3.8) is 0 Å². The summed E-state index contributed by atoms with van der Waals surface area (Å²) in [5, 5.41) is 6.43. The molecule has 3 aliphatic rings. The van der Waals surface area contributed by atoms with Gasteiger partial charge in [0.1, 0.15) is 0 Å². The zero-order valence-corrected chi connectivity index (χ0v) is 14.1. The van der Waals surface area contributed by atoms with E-state index in [-0.39, 0.29) is 0 Å². The summed E-state index contributed by atoms with van der Waals surface area (Å²) in [6, 6.07) is 2.07. The van der Waals surface area contributed by atoms with Crippen LogP contribution in [-0.4, -0.2) is 40.2 Å². The van der Waals surface area contributed by atoms with Gasteiger partial charge >= 0.3 is 0 Å². The Kier molecular flexibility index (Phi) is 3.47. The summed E-state index contributed by atoms with van der Waals surface area (Å²) in [5.41, 5.74) is 6.95. The van der Waals surface area contributed by atoms with Crippen LogP contribution in [0.1, 0.15) is 44.1 Å². The van der Waals surface area contributed by atoms with Gasteiger partial charge < -0.3 is 19.7 Å². The first-order valence-electron chi connectivity index (χ1n) is 8.47. The molecule has 0 atom stereocenters. The lowest BCUT2D eigenvalue weighted by Gasteiger charge is -2.35. The smallest absolute Gasteiger partial charge is 0.156 e. The number of rotatable bonds is 5.